The van der Waals surface area contributed by atoms with Crippen LogP contribution in [-0.4, -0.2) is 51.6 Å². The van der Waals surface area contributed by atoms with E-state index in [1.54, 1.807) is 14.2 Å². The monoisotopic (exact) mass is 327 g/mol. The Morgan fingerprint density at radius 2 is 1.83 bits per heavy atom. The standard InChI is InChI=1S/C18H22N4O2/c1-23-16-7-5-6-15(18(16)24-2)14-20-22-12-10-21(11-13-22)17-8-3-4-9-19-17/h3-9,14H,10-13H2,1-2H3/p+1/b20-14-. The lowest BCUT2D eigenvalue weighted by atomic mass is 10.2. The molecular weight excluding hydrogens is 304 g/mol. The van der Waals surface area contributed by atoms with E-state index in [-0.39, 0.29) is 0 Å². The first-order valence-electron chi connectivity index (χ1n) is 8.03. The third-order valence-electron chi connectivity index (χ3n) is 4.08. The molecule has 3 rings (SSSR count). The molecule has 0 spiro atoms. The average Bonchev–Trinajstić information content (AvgIpc) is 2.67. The van der Waals surface area contributed by atoms with E-state index in [0.717, 1.165) is 37.6 Å². The molecule has 1 fully saturated rings. The van der Waals surface area contributed by atoms with Crippen LogP contribution in [0.2, 0.25) is 0 Å². The minimum absolute atomic E-state index is 0.710. The fraction of sp³-hybridized carbons (Fsp3) is 0.333. The number of aromatic amines is 1. The zero-order chi connectivity index (χ0) is 16.8. The number of methoxy groups -OCH3 is 2. The predicted octanol–water partition coefficient (Wildman–Crippen LogP) is 1.67. The lowest BCUT2D eigenvalue weighted by molar-refractivity contribution is -0.364. The van der Waals surface area contributed by atoms with Gasteiger partial charge in [-0.25, -0.2) is 4.98 Å². The Labute approximate surface area is 142 Å². The molecule has 1 saturated heterocycles. The fourth-order valence-corrected chi connectivity index (χ4v) is 2.79. The lowest BCUT2D eigenvalue weighted by Gasteiger charge is -2.28. The van der Waals surface area contributed by atoms with Gasteiger partial charge in [-0.15, -0.1) is 0 Å². The number of hydrogen-bond donors (Lipinski definition) is 0. The van der Waals surface area contributed by atoms with E-state index in [1.807, 2.05) is 42.7 Å². The zero-order valence-corrected chi connectivity index (χ0v) is 14.1. The quantitative estimate of drug-likeness (QED) is 0.784. The number of hydrogen-bond acceptors (Lipinski definition) is 5. The van der Waals surface area contributed by atoms with Crippen molar-refractivity contribution in [1.82, 2.24) is 5.01 Å². The molecule has 1 aliphatic rings. The maximum absolute atomic E-state index is 5.44. The molecule has 1 N–H and O–H groups in total. The molecule has 2 aromatic rings. The second kappa shape index (κ2) is 7.68. The first-order chi connectivity index (χ1) is 11.8. The van der Waals surface area contributed by atoms with Crippen LogP contribution in [-0.2, 0) is 0 Å². The molecule has 0 aliphatic carbocycles. The molecule has 0 saturated carbocycles. The minimum atomic E-state index is 0.710. The van der Waals surface area contributed by atoms with Crippen molar-refractivity contribution in [2.45, 2.75) is 0 Å². The van der Waals surface area contributed by atoms with Crippen LogP contribution in [0.5, 0.6) is 11.5 Å². The van der Waals surface area contributed by atoms with E-state index in [1.165, 1.54) is 0 Å². The van der Waals surface area contributed by atoms with Crippen molar-refractivity contribution in [2.75, 3.05) is 45.3 Å². The smallest absolute Gasteiger partial charge is 0.274 e. The number of H-pyrrole nitrogens is 1. The van der Waals surface area contributed by atoms with E-state index in [4.69, 9.17) is 9.47 Å². The van der Waals surface area contributed by atoms with Crippen LogP contribution < -0.4 is 19.4 Å². The molecule has 0 bridgehead atoms. The maximum atomic E-state index is 5.44. The van der Waals surface area contributed by atoms with Crippen molar-refractivity contribution in [3.63, 3.8) is 0 Å². The van der Waals surface area contributed by atoms with Crippen LogP contribution in [0, 0.1) is 0 Å². The van der Waals surface area contributed by atoms with Crippen LogP contribution in [0.25, 0.3) is 0 Å². The summed E-state index contributed by atoms with van der Waals surface area (Å²) in [6.45, 7) is 3.64. The first-order valence-corrected chi connectivity index (χ1v) is 8.03. The highest BCUT2D eigenvalue weighted by molar-refractivity contribution is 5.84. The third-order valence-corrected chi connectivity index (χ3v) is 4.08. The molecule has 126 valence electrons. The van der Waals surface area contributed by atoms with Gasteiger partial charge in [0.05, 0.1) is 39.7 Å². The summed E-state index contributed by atoms with van der Waals surface area (Å²) in [7, 11) is 3.28. The summed E-state index contributed by atoms with van der Waals surface area (Å²) in [5.41, 5.74) is 0.913. The van der Waals surface area contributed by atoms with Gasteiger partial charge in [0.25, 0.3) is 5.82 Å². The number of pyridine rings is 1. The Kier molecular flexibility index (Phi) is 5.15. The average molecular weight is 327 g/mol. The molecule has 0 unspecified atom stereocenters. The number of anilines is 1. The molecule has 2 heterocycles. The second-order valence-electron chi connectivity index (χ2n) is 5.52. The lowest BCUT2D eigenvalue weighted by Crippen LogP contribution is -2.45. The molecule has 1 aliphatic heterocycles. The summed E-state index contributed by atoms with van der Waals surface area (Å²) < 4.78 is 10.8. The number of hydrazone groups is 1. The van der Waals surface area contributed by atoms with E-state index in [9.17, 15) is 0 Å². The minimum Gasteiger partial charge on any atom is -0.493 e. The number of nitrogens with zero attached hydrogens (tertiary/aromatic N) is 3. The molecule has 6 heteroatoms. The largest absolute Gasteiger partial charge is 0.493 e. The van der Waals surface area contributed by atoms with Crippen LogP contribution in [0.3, 0.4) is 0 Å². The second-order valence-corrected chi connectivity index (χ2v) is 5.52. The molecule has 6 nitrogen and oxygen atoms in total. The number of rotatable bonds is 5. The van der Waals surface area contributed by atoms with Gasteiger partial charge in [-0.05, 0) is 18.2 Å². The molecular formula is C18H23N4O2+. The van der Waals surface area contributed by atoms with Crippen molar-refractivity contribution in [3.05, 3.63) is 48.2 Å². The maximum Gasteiger partial charge on any atom is 0.274 e. The summed E-state index contributed by atoms with van der Waals surface area (Å²) in [6, 6.07) is 11.9. The van der Waals surface area contributed by atoms with Gasteiger partial charge in [0.1, 0.15) is 13.1 Å². The highest BCUT2D eigenvalue weighted by Gasteiger charge is 2.22. The van der Waals surface area contributed by atoms with Gasteiger partial charge in [-0.1, -0.05) is 12.1 Å². The number of piperazine rings is 1. The summed E-state index contributed by atoms with van der Waals surface area (Å²) >= 11 is 0. The Hall–Kier alpha value is -2.76. The molecule has 0 amide bonds. The van der Waals surface area contributed by atoms with Crippen molar-refractivity contribution in [1.29, 1.82) is 0 Å². The SMILES string of the molecule is COc1cccc(/C=N\N2CCN(c3cccc[nH+]3)CC2)c1OC. The summed E-state index contributed by atoms with van der Waals surface area (Å²) in [6.07, 6.45) is 3.79. The van der Waals surface area contributed by atoms with Crippen molar-refractivity contribution in [2.24, 2.45) is 5.10 Å². The number of aromatic nitrogens is 1. The molecule has 0 radical (unpaired) electrons. The Balaban J connectivity index is 1.63. The number of ether oxygens (including phenoxy) is 2. The normalized spacial score (nSPS) is 14.9. The first kappa shape index (κ1) is 16.1. The molecule has 1 aromatic heterocycles. The highest BCUT2D eigenvalue weighted by Crippen LogP contribution is 2.29. The number of benzene rings is 1. The highest BCUT2D eigenvalue weighted by atomic mass is 16.5. The van der Waals surface area contributed by atoms with Crippen molar-refractivity contribution < 1.29 is 14.5 Å². The van der Waals surface area contributed by atoms with Gasteiger partial charge >= 0.3 is 0 Å². The summed E-state index contributed by atoms with van der Waals surface area (Å²) in [5, 5.41) is 6.68. The Bertz CT molecular complexity index is 683. The molecule has 0 atom stereocenters. The van der Waals surface area contributed by atoms with Crippen LogP contribution >= 0.6 is 0 Å². The van der Waals surface area contributed by atoms with Gasteiger partial charge in [0, 0.05) is 11.6 Å². The van der Waals surface area contributed by atoms with Crippen LogP contribution in [0.15, 0.2) is 47.7 Å². The van der Waals surface area contributed by atoms with E-state index >= 15 is 0 Å². The molecule has 1 aromatic carbocycles. The van der Waals surface area contributed by atoms with Gasteiger partial charge in [-0.2, -0.15) is 5.10 Å². The molecule has 24 heavy (non-hydrogen) atoms. The van der Waals surface area contributed by atoms with Gasteiger partial charge in [-0.3, -0.25) is 9.91 Å². The van der Waals surface area contributed by atoms with Gasteiger partial charge in [0.15, 0.2) is 11.5 Å². The van der Waals surface area contributed by atoms with Crippen molar-refractivity contribution in [3.8, 4) is 11.5 Å². The van der Waals surface area contributed by atoms with E-state index < -0.39 is 0 Å². The van der Waals surface area contributed by atoms with Gasteiger partial charge < -0.3 is 9.47 Å². The van der Waals surface area contributed by atoms with Crippen LogP contribution in [0.4, 0.5) is 5.82 Å². The van der Waals surface area contributed by atoms with Gasteiger partial charge in [0.2, 0.25) is 0 Å². The van der Waals surface area contributed by atoms with Crippen LogP contribution in [0.1, 0.15) is 5.56 Å². The summed E-state index contributed by atoms with van der Waals surface area (Å²) in [5.74, 6) is 2.57. The van der Waals surface area contributed by atoms with E-state index in [0.29, 0.717) is 11.5 Å². The van der Waals surface area contributed by atoms with E-state index in [2.05, 4.69) is 26.1 Å². The summed E-state index contributed by atoms with van der Waals surface area (Å²) in [4.78, 5) is 5.61. The number of para-hydroxylation sites is 1. The Morgan fingerprint density at radius 1 is 1.00 bits per heavy atom. The number of nitrogens with one attached hydrogen (secondary N) is 1. The topological polar surface area (TPSA) is 51.4 Å². The Morgan fingerprint density at radius 3 is 2.50 bits per heavy atom. The third kappa shape index (κ3) is 3.59. The fourth-order valence-electron chi connectivity index (χ4n) is 2.79. The zero-order valence-electron chi connectivity index (χ0n) is 14.1. The van der Waals surface area contributed by atoms with Crippen molar-refractivity contribution >= 4 is 12.0 Å². The predicted molar refractivity (Wildman–Crippen MR) is 93.9 cm³/mol.